The van der Waals surface area contributed by atoms with Gasteiger partial charge < -0.3 is 53.7 Å². The molecule has 6 aromatic rings. The summed E-state index contributed by atoms with van der Waals surface area (Å²) < 4.78 is 109. The highest BCUT2D eigenvalue weighted by molar-refractivity contribution is 7.88. The van der Waals surface area contributed by atoms with Crippen molar-refractivity contribution in [3.05, 3.63) is 94.6 Å². The van der Waals surface area contributed by atoms with Crippen molar-refractivity contribution in [3.8, 4) is 0 Å². The Balaban J connectivity index is 0.000000155. The van der Waals surface area contributed by atoms with Gasteiger partial charge in [-0.25, -0.2) is 35.9 Å². The smallest absolute Gasteiger partial charge is 0.211 e. The molecule has 2 spiro atoms. The summed E-state index contributed by atoms with van der Waals surface area (Å²) in [4.78, 5) is 32.9. The Labute approximate surface area is 475 Å². The van der Waals surface area contributed by atoms with Crippen molar-refractivity contribution in [1.82, 2.24) is 29.6 Å². The van der Waals surface area contributed by atoms with Crippen LogP contribution in [0.3, 0.4) is 0 Å². The van der Waals surface area contributed by atoms with E-state index in [1.54, 1.807) is 0 Å². The van der Waals surface area contributed by atoms with E-state index in [0.29, 0.717) is 115 Å². The maximum atomic E-state index is 15.8. The second-order valence-corrected chi connectivity index (χ2v) is 25.0. The molecule has 0 radical (unpaired) electrons. The third-order valence-electron chi connectivity index (χ3n) is 18.2. The molecule has 23 heteroatoms. The summed E-state index contributed by atoms with van der Waals surface area (Å²) in [5.74, 6) is -1.18. The third kappa shape index (κ3) is 9.99. The second kappa shape index (κ2) is 22.1. The van der Waals surface area contributed by atoms with E-state index in [9.17, 15) is 17.2 Å². The lowest BCUT2D eigenvalue weighted by Gasteiger charge is -2.36. The maximum absolute atomic E-state index is 15.8. The highest BCUT2D eigenvalue weighted by Gasteiger charge is 2.49. The van der Waals surface area contributed by atoms with Crippen LogP contribution >= 0.6 is 0 Å². The number of morpholine rings is 2. The van der Waals surface area contributed by atoms with Crippen LogP contribution in [0.1, 0.15) is 48.2 Å². The number of nitrogens with one attached hydrogen (secondary N) is 1. The average Bonchev–Trinajstić information content (AvgIpc) is 4.11. The quantitative estimate of drug-likeness (QED) is 0.163. The first-order valence-corrected chi connectivity index (χ1v) is 30.6. The number of halogens is 4. The molecule has 8 aliphatic rings. The van der Waals surface area contributed by atoms with Crippen LogP contribution < -0.4 is 34.7 Å². The fraction of sp³-hybridized carbons (Fsp3) is 0.525. The number of rotatable bonds is 7. The molecule has 6 fully saturated rings. The van der Waals surface area contributed by atoms with Crippen molar-refractivity contribution < 1.29 is 44.9 Å². The van der Waals surface area contributed by atoms with Crippen LogP contribution in [0.2, 0.25) is 0 Å². The number of ether oxygens (including phenoxy) is 4. The first-order chi connectivity index (χ1) is 39.7. The summed E-state index contributed by atoms with van der Waals surface area (Å²) in [5.41, 5.74) is 9.13. The zero-order valence-electron chi connectivity index (χ0n) is 46.8. The van der Waals surface area contributed by atoms with Crippen LogP contribution in [-0.2, 0) is 39.8 Å². The largest absolute Gasteiger partial charge is 0.381 e. The van der Waals surface area contributed by atoms with Crippen LogP contribution in [0.4, 0.5) is 63.3 Å². The Morgan fingerprint density at radius 2 is 0.915 bits per heavy atom. The Hall–Kier alpha value is -6.21. The van der Waals surface area contributed by atoms with E-state index in [-0.39, 0.29) is 21.7 Å². The zero-order chi connectivity index (χ0) is 56.5. The van der Waals surface area contributed by atoms with Crippen molar-refractivity contribution in [2.45, 2.75) is 50.4 Å². The molecular formula is C59H70F4N12O6S. The Morgan fingerprint density at radius 1 is 0.512 bits per heavy atom. The van der Waals surface area contributed by atoms with Gasteiger partial charge in [-0.2, -0.15) is 4.31 Å². The van der Waals surface area contributed by atoms with Crippen LogP contribution in [0.25, 0.3) is 21.8 Å². The Kier molecular flexibility index (Phi) is 14.8. The molecule has 1 N–H and O–H groups in total. The van der Waals surface area contributed by atoms with Crippen molar-refractivity contribution in [1.29, 1.82) is 0 Å². The van der Waals surface area contributed by atoms with Gasteiger partial charge in [0.15, 0.2) is 0 Å². The number of pyridine rings is 4. The first kappa shape index (κ1) is 55.0. The van der Waals surface area contributed by atoms with Crippen molar-refractivity contribution >= 4 is 77.6 Å². The van der Waals surface area contributed by atoms with E-state index < -0.39 is 33.3 Å². The third-order valence-corrected chi connectivity index (χ3v) is 19.5. The molecule has 2 aromatic carbocycles. The van der Waals surface area contributed by atoms with Gasteiger partial charge in [0.1, 0.15) is 34.9 Å². The molecule has 14 rings (SSSR count). The van der Waals surface area contributed by atoms with Crippen LogP contribution in [0, 0.1) is 37.1 Å². The number of nitrogens with zero attached hydrogens (tertiary/aromatic N) is 11. The normalized spacial score (nSPS) is 21.2. The second-order valence-electron chi connectivity index (χ2n) is 23.0. The number of fused-ring (bicyclic) bond motifs is 6. The lowest BCUT2D eigenvalue weighted by atomic mass is 9.78. The molecule has 0 amide bonds. The summed E-state index contributed by atoms with van der Waals surface area (Å²) in [5, 5.41) is 4.01. The van der Waals surface area contributed by atoms with Gasteiger partial charge in [-0.15, -0.1) is 0 Å². The first-order valence-electron chi connectivity index (χ1n) is 28.8. The molecule has 0 aliphatic carbocycles. The average molecular weight is 1150 g/mol. The number of hydrogen-bond acceptors (Lipinski definition) is 17. The number of anilines is 8. The number of aromatic nitrogens is 4. The van der Waals surface area contributed by atoms with Gasteiger partial charge in [-0.3, -0.25) is 9.97 Å². The maximum Gasteiger partial charge on any atom is 0.211 e. The monoisotopic (exact) mass is 1150 g/mol. The highest BCUT2D eigenvalue weighted by Crippen LogP contribution is 2.54. The SMILES string of the molecule is Cc1c(N2CCN(S(C)(=O)=O)CC2)nc2cc(F)cc(F)c2c1N1CC2(CCOCC2)c2ncc(N3CCOCC3)cc21.Cc1c(N2CCNCC2)nc2cc(F)cc(F)c2c1N1CC2(CCOCC2)c2ncc(N3CCOCC3)cc21. The molecule has 4 aromatic heterocycles. The highest BCUT2D eigenvalue weighted by atomic mass is 32.2. The minimum Gasteiger partial charge on any atom is -0.381 e. The van der Waals surface area contributed by atoms with E-state index in [0.717, 1.165) is 147 Å². The standard InChI is InChI=1S/C30H36F2N6O4S.C29H34F2N6O2/c1-20-27(26-23(32)15-21(31)16-24(26)34-29(20)36-5-7-37(8-6-36)43(2,39)40)38-19-30(3-11-41-12-4-30)28-25(38)17-22(18-33-28)35-9-13-42-14-10-35;1-19-26(25-22(31)14-20(30)15-23(25)34-28(19)36-6-4-32-5-7-36)37-18-29(2-10-38-11-3-29)27-24(37)16-21(17-33-27)35-8-12-39-13-9-35/h15-18H,3-14,19H2,1-2H3;14-17,32H,2-13,18H2,1H3. The molecule has 0 atom stereocenters. The van der Waals surface area contributed by atoms with E-state index in [2.05, 4.69) is 41.9 Å². The molecule has 6 saturated heterocycles. The molecule has 0 unspecified atom stereocenters. The lowest BCUT2D eigenvalue weighted by molar-refractivity contribution is 0.0544. The topological polar surface area (TPSA) is 157 Å². The minimum atomic E-state index is -3.32. The summed E-state index contributed by atoms with van der Waals surface area (Å²) in [6.07, 6.45) is 8.41. The number of piperazine rings is 2. The van der Waals surface area contributed by atoms with E-state index in [1.165, 1.54) is 22.7 Å². The Bertz CT molecular complexity index is 3530. The molecule has 0 bridgehead atoms. The predicted octanol–water partition coefficient (Wildman–Crippen LogP) is 7.00. The lowest BCUT2D eigenvalue weighted by Crippen LogP contribution is -2.48. The van der Waals surface area contributed by atoms with Crippen LogP contribution in [-0.4, -0.2) is 183 Å². The van der Waals surface area contributed by atoms with E-state index in [4.69, 9.17) is 38.9 Å². The summed E-state index contributed by atoms with van der Waals surface area (Å²) in [6, 6.07) is 8.88. The fourth-order valence-electron chi connectivity index (χ4n) is 13.9. The Morgan fingerprint density at radius 3 is 1.33 bits per heavy atom. The van der Waals surface area contributed by atoms with Gasteiger partial charge in [0, 0.05) is 164 Å². The van der Waals surface area contributed by atoms with Gasteiger partial charge in [-0.1, -0.05) is 0 Å². The molecule has 436 valence electrons. The zero-order valence-corrected chi connectivity index (χ0v) is 47.6. The molecule has 82 heavy (non-hydrogen) atoms. The number of benzene rings is 2. The van der Waals surface area contributed by atoms with Gasteiger partial charge in [0.05, 0.1) is 112 Å². The number of sulfonamides is 1. The number of hydrogen-bond donors (Lipinski definition) is 1. The van der Waals surface area contributed by atoms with Crippen LogP contribution in [0.5, 0.6) is 0 Å². The van der Waals surface area contributed by atoms with Crippen molar-refractivity contribution in [2.24, 2.45) is 0 Å². The minimum absolute atomic E-state index is 0.190. The molecule has 12 heterocycles. The van der Waals surface area contributed by atoms with Crippen molar-refractivity contribution in [2.75, 3.05) is 180 Å². The van der Waals surface area contributed by atoms with Gasteiger partial charge in [0.2, 0.25) is 10.0 Å². The van der Waals surface area contributed by atoms with Crippen LogP contribution in [0.15, 0.2) is 48.8 Å². The fourth-order valence-corrected chi connectivity index (χ4v) is 14.7. The molecule has 18 nitrogen and oxygen atoms in total. The molecule has 8 aliphatic heterocycles. The van der Waals surface area contributed by atoms with Gasteiger partial charge >= 0.3 is 0 Å². The van der Waals surface area contributed by atoms with E-state index >= 15 is 8.78 Å². The summed E-state index contributed by atoms with van der Waals surface area (Å²) >= 11 is 0. The van der Waals surface area contributed by atoms with E-state index in [1.807, 2.05) is 31.1 Å². The van der Waals surface area contributed by atoms with Crippen molar-refractivity contribution in [3.63, 3.8) is 0 Å². The molecule has 0 saturated carbocycles. The predicted molar refractivity (Wildman–Crippen MR) is 309 cm³/mol. The summed E-state index contributed by atoms with van der Waals surface area (Å²) in [6.45, 7) is 18.3. The van der Waals surface area contributed by atoms with Gasteiger partial charge in [0.25, 0.3) is 0 Å². The summed E-state index contributed by atoms with van der Waals surface area (Å²) in [7, 11) is -3.32. The molecular weight excluding hydrogens is 1080 g/mol. The van der Waals surface area contributed by atoms with Gasteiger partial charge in [-0.05, 0) is 51.7 Å².